The average Bonchev–Trinajstić information content (AvgIpc) is 3.11. The van der Waals surface area contributed by atoms with Crippen LogP contribution in [0.4, 0.5) is 5.13 Å². The summed E-state index contributed by atoms with van der Waals surface area (Å²) in [6, 6.07) is 8.15. The van der Waals surface area contributed by atoms with Gasteiger partial charge in [0.2, 0.25) is 0 Å². The van der Waals surface area contributed by atoms with Gasteiger partial charge in [-0.1, -0.05) is 11.3 Å². The van der Waals surface area contributed by atoms with E-state index in [4.69, 9.17) is 0 Å². The Labute approximate surface area is 147 Å². The van der Waals surface area contributed by atoms with Gasteiger partial charge in [-0.2, -0.15) is 0 Å². The fourth-order valence-corrected chi connectivity index (χ4v) is 4.33. The molecule has 0 aromatic carbocycles. The van der Waals surface area contributed by atoms with Gasteiger partial charge in [-0.05, 0) is 37.1 Å². The molecule has 0 amide bonds. The number of aromatic nitrogens is 5. The van der Waals surface area contributed by atoms with Crippen LogP contribution < -0.4 is 11.0 Å². The lowest BCUT2D eigenvalue weighted by molar-refractivity contribution is 0.280. The Morgan fingerprint density at radius 2 is 2.00 bits per heavy atom. The van der Waals surface area contributed by atoms with E-state index in [1.54, 1.807) is 35.3 Å². The number of nitrogens with one attached hydrogen (secondary N) is 1. The summed E-state index contributed by atoms with van der Waals surface area (Å²) in [6.07, 6.45) is 5.29. The van der Waals surface area contributed by atoms with Crippen LogP contribution in [0.15, 0.2) is 41.5 Å². The maximum Gasteiger partial charge on any atom is 0.330 e. The number of fused-ring (bicyclic) bond motifs is 2. The standard InChI is InChI=1S/C17H16N6OS/c1-22-13-5-3-6-18-14(13)23(17(22)24)11-8-10(9-11)20-16-21-12-4-2-7-19-15(12)25-16/h2-7,10-11H,8-9H2,1H3,(H,20,21). The molecule has 5 rings (SSSR count). The predicted octanol–water partition coefficient (Wildman–Crippen LogP) is 2.56. The van der Waals surface area contributed by atoms with Crippen LogP contribution in [0.2, 0.25) is 0 Å². The molecule has 4 aromatic heterocycles. The first-order valence-corrected chi connectivity index (χ1v) is 9.02. The molecular formula is C17H16N6OS. The third-order valence-corrected chi connectivity index (χ3v) is 5.73. The quantitative estimate of drug-likeness (QED) is 0.613. The Balaban J connectivity index is 1.37. The lowest BCUT2D eigenvalue weighted by atomic mass is 9.86. The van der Waals surface area contributed by atoms with E-state index in [9.17, 15) is 4.79 Å². The molecule has 0 atom stereocenters. The first-order chi connectivity index (χ1) is 12.2. The maximum absolute atomic E-state index is 12.6. The molecule has 0 radical (unpaired) electrons. The van der Waals surface area contributed by atoms with Crippen LogP contribution in [-0.4, -0.2) is 30.1 Å². The molecule has 0 saturated heterocycles. The van der Waals surface area contributed by atoms with Crippen molar-refractivity contribution in [1.29, 1.82) is 0 Å². The number of rotatable bonds is 3. The predicted molar refractivity (Wildman–Crippen MR) is 98.1 cm³/mol. The van der Waals surface area contributed by atoms with Crippen LogP contribution in [0.5, 0.6) is 0 Å². The van der Waals surface area contributed by atoms with Crippen molar-refractivity contribution in [1.82, 2.24) is 24.1 Å². The Bertz CT molecular complexity index is 1100. The van der Waals surface area contributed by atoms with Gasteiger partial charge >= 0.3 is 5.69 Å². The summed E-state index contributed by atoms with van der Waals surface area (Å²) in [4.78, 5) is 26.8. The van der Waals surface area contributed by atoms with Crippen LogP contribution in [0.25, 0.3) is 21.5 Å². The Morgan fingerprint density at radius 1 is 1.20 bits per heavy atom. The SMILES string of the molecule is Cn1c(=O)n(C2CC(Nc3nc4cccnc4s3)C2)c2ncccc21. The summed E-state index contributed by atoms with van der Waals surface area (Å²) in [5, 5.41) is 4.36. The van der Waals surface area contributed by atoms with E-state index < -0.39 is 0 Å². The van der Waals surface area contributed by atoms with Crippen molar-refractivity contribution in [3.05, 3.63) is 47.1 Å². The molecule has 0 spiro atoms. The monoisotopic (exact) mass is 352 g/mol. The molecule has 126 valence electrons. The van der Waals surface area contributed by atoms with Gasteiger partial charge in [0.05, 0.1) is 5.52 Å². The zero-order valence-corrected chi connectivity index (χ0v) is 14.4. The van der Waals surface area contributed by atoms with E-state index in [1.807, 2.05) is 28.8 Å². The van der Waals surface area contributed by atoms with E-state index in [0.29, 0.717) is 6.04 Å². The number of nitrogens with zero attached hydrogens (tertiary/aromatic N) is 5. The van der Waals surface area contributed by atoms with Crippen molar-refractivity contribution < 1.29 is 0 Å². The average molecular weight is 352 g/mol. The van der Waals surface area contributed by atoms with Gasteiger partial charge in [0.25, 0.3) is 0 Å². The Morgan fingerprint density at radius 3 is 2.84 bits per heavy atom. The molecule has 1 saturated carbocycles. The fraction of sp³-hybridized carbons (Fsp3) is 0.294. The summed E-state index contributed by atoms with van der Waals surface area (Å²) < 4.78 is 3.50. The lowest BCUT2D eigenvalue weighted by Crippen LogP contribution is -2.40. The van der Waals surface area contributed by atoms with Crippen LogP contribution >= 0.6 is 11.3 Å². The van der Waals surface area contributed by atoms with E-state index in [0.717, 1.165) is 39.5 Å². The number of hydrogen-bond acceptors (Lipinski definition) is 6. The van der Waals surface area contributed by atoms with Crippen molar-refractivity contribution in [2.45, 2.75) is 24.9 Å². The number of pyridine rings is 2. The summed E-state index contributed by atoms with van der Waals surface area (Å²) >= 11 is 1.56. The normalized spacial score (nSPS) is 20.0. The third kappa shape index (κ3) is 2.25. The molecule has 1 N–H and O–H groups in total. The molecule has 0 aliphatic heterocycles. The molecule has 4 heterocycles. The highest BCUT2D eigenvalue weighted by atomic mass is 32.1. The highest BCUT2D eigenvalue weighted by molar-refractivity contribution is 7.21. The third-order valence-electron chi connectivity index (χ3n) is 4.82. The van der Waals surface area contributed by atoms with Crippen LogP contribution in [0.3, 0.4) is 0 Å². The van der Waals surface area contributed by atoms with Crippen molar-refractivity contribution >= 4 is 38.0 Å². The number of hydrogen-bond donors (Lipinski definition) is 1. The van der Waals surface area contributed by atoms with E-state index in [2.05, 4.69) is 20.3 Å². The molecule has 25 heavy (non-hydrogen) atoms. The summed E-state index contributed by atoms with van der Waals surface area (Å²) in [5.74, 6) is 0. The largest absolute Gasteiger partial charge is 0.359 e. The fourth-order valence-electron chi connectivity index (χ4n) is 3.44. The van der Waals surface area contributed by atoms with Crippen molar-refractivity contribution in [2.75, 3.05) is 5.32 Å². The Kier molecular flexibility index (Phi) is 3.14. The first kappa shape index (κ1) is 14.6. The first-order valence-electron chi connectivity index (χ1n) is 8.21. The molecule has 0 bridgehead atoms. The smallest absolute Gasteiger partial charge is 0.330 e. The van der Waals surface area contributed by atoms with Gasteiger partial charge in [-0.25, -0.2) is 19.7 Å². The van der Waals surface area contributed by atoms with Gasteiger partial charge in [0.1, 0.15) is 10.3 Å². The molecule has 1 aliphatic rings. The van der Waals surface area contributed by atoms with Crippen LogP contribution in [0, 0.1) is 0 Å². The highest BCUT2D eigenvalue weighted by Crippen LogP contribution is 2.36. The highest BCUT2D eigenvalue weighted by Gasteiger charge is 2.34. The second kappa shape index (κ2) is 5.38. The van der Waals surface area contributed by atoms with Gasteiger partial charge in [-0.3, -0.25) is 9.13 Å². The van der Waals surface area contributed by atoms with Crippen molar-refractivity contribution in [3.63, 3.8) is 0 Å². The van der Waals surface area contributed by atoms with Gasteiger partial charge in [0.15, 0.2) is 10.8 Å². The number of anilines is 1. The molecule has 0 unspecified atom stereocenters. The minimum atomic E-state index is 0.00124. The van der Waals surface area contributed by atoms with E-state index in [1.165, 1.54) is 0 Å². The van der Waals surface area contributed by atoms with Crippen molar-refractivity contribution in [3.8, 4) is 0 Å². The van der Waals surface area contributed by atoms with Gasteiger partial charge < -0.3 is 5.32 Å². The Hall–Kier alpha value is -2.74. The zero-order chi connectivity index (χ0) is 17.0. The van der Waals surface area contributed by atoms with Crippen LogP contribution in [-0.2, 0) is 7.05 Å². The lowest BCUT2D eigenvalue weighted by Gasteiger charge is -2.36. The second-order valence-corrected chi connectivity index (χ2v) is 7.35. The summed E-state index contributed by atoms with van der Waals surface area (Å²) in [5.41, 5.74) is 2.56. The molecule has 7 nitrogen and oxygen atoms in total. The van der Waals surface area contributed by atoms with Gasteiger partial charge in [-0.15, -0.1) is 0 Å². The number of aryl methyl sites for hydroxylation is 1. The van der Waals surface area contributed by atoms with Crippen LogP contribution in [0.1, 0.15) is 18.9 Å². The van der Waals surface area contributed by atoms with Crippen molar-refractivity contribution in [2.24, 2.45) is 7.05 Å². The second-order valence-electron chi connectivity index (χ2n) is 6.37. The maximum atomic E-state index is 12.6. The van der Waals surface area contributed by atoms with E-state index >= 15 is 0 Å². The minimum absolute atomic E-state index is 0.00124. The van der Waals surface area contributed by atoms with Gasteiger partial charge in [0, 0.05) is 31.5 Å². The number of thiazole rings is 1. The molecule has 1 aliphatic carbocycles. The number of imidazole rings is 1. The molecular weight excluding hydrogens is 336 g/mol. The topological polar surface area (TPSA) is 77.6 Å². The molecule has 4 aromatic rings. The summed E-state index contributed by atoms with van der Waals surface area (Å²) in [6.45, 7) is 0. The minimum Gasteiger partial charge on any atom is -0.359 e. The zero-order valence-electron chi connectivity index (χ0n) is 13.6. The molecule has 1 fully saturated rings. The van der Waals surface area contributed by atoms with E-state index in [-0.39, 0.29) is 11.7 Å². The summed E-state index contributed by atoms with van der Waals surface area (Å²) in [7, 11) is 1.80. The molecule has 8 heteroatoms.